The number of β-amino-alcohol motifs (C(OH)–C–C–N with tert-alkyl or cyclic N) is 1. The third-order valence-corrected chi connectivity index (χ3v) is 11.3. The van der Waals surface area contributed by atoms with Crippen molar-refractivity contribution in [1.29, 1.82) is 0 Å². The fraction of sp³-hybridized carbons (Fsp3) is 0.390. The van der Waals surface area contributed by atoms with E-state index < -0.39 is 75.6 Å². The number of aryl methyl sites for hydroxylation is 2. The van der Waals surface area contributed by atoms with Crippen LogP contribution in [0, 0.1) is 46.5 Å². The summed E-state index contributed by atoms with van der Waals surface area (Å²) in [5.74, 6) is -4.92. The lowest BCUT2D eigenvalue weighted by atomic mass is 10.1. The van der Waals surface area contributed by atoms with Gasteiger partial charge in [-0.3, -0.25) is 19.7 Å². The molecule has 92 heavy (non-hydrogen) atoms. The Balaban J connectivity index is 0.000000294. The molecular formula is C59H70Cl2F8N10O13. The number of anilines is 2. The monoisotopic (exact) mass is 1350 g/mol. The van der Waals surface area contributed by atoms with Crippen LogP contribution in [0.3, 0.4) is 0 Å². The van der Waals surface area contributed by atoms with Crippen LogP contribution in [0.5, 0.6) is 23.0 Å². The van der Waals surface area contributed by atoms with Crippen LogP contribution in [0.25, 0.3) is 0 Å². The number of aromatic nitrogens is 4. The van der Waals surface area contributed by atoms with Gasteiger partial charge in [-0.2, -0.15) is 10.2 Å². The molecular weight excluding hydrogens is 1280 g/mol. The van der Waals surface area contributed by atoms with Gasteiger partial charge in [0.1, 0.15) is 105 Å². The maximum absolute atomic E-state index is 13.1. The van der Waals surface area contributed by atoms with E-state index in [0.717, 1.165) is 72.4 Å². The molecule has 6 N–H and O–H groups in total. The fourth-order valence-corrected chi connectivity index (χ4v) is 7.13. The van der Waals surface area contributed by atoms with Crippen LogP contribution in [0.1, 0.15) is 48.5 Å². The summed E-state index contributed by atoms with van der Waals surface area (Å²) >= 11 is 4.64. The van der Waals surface area contributed by atoms with Gasteiger partial charge in [-0.25, -0.2) is 58.9 Å². The van der Waals surface area contributed by atoms with Crippen molar-refractivity contribution in [2.24, 2.45) is 14.1 Å². The second-order valence-electron chi connectivity index (χ2n) is 22.0. The Labute approximate surface area is 533 Å². The number of urea groups is 1. The maximum atomic E-state index is 13.1. The van der Waals surface area contributed by atoms with Crippen molar-refractivity contribution in [2.45, 2.75) is 84.1 Å². The average molecular weight is 1350 g/mol. The summed E-state index contributed by atoms with van der Waals surface area (Å²) < 4.78 is 130. The van der Waals surface area contributed by atoms with Crippen LogP contribution in [0.15, 0.2) is 107 Å². The zero-order valence-electron chi connectivity index (χ0n) is 51.1. The van der Waals surface area contributed by atoms with E-state index in [1.165, 1.54) is 69.8 Å². The number of amides is 4. The Morgan fingerprint density at radius 3 is 1.18 bits per heavy atom. The highest BCUT2D eigenvalue weighted by Gasteiger charge is 2.36. The Morgan fingerprint density at radius 2 is 0.880 bits per heavy atom. The first-order valence-corrected chi connectivity index (χ1v) is 27.7. The third kappa shape index (κ3) is 29.3. The normalized spacial score (nSPS) is 14.1. The molecule has 4 amide bonds. The molecule has 23 nitrogen and oxygen atoms in total. The first kappa shape index (κ1) is 77.3. The van der Waals surface area contributed by atoms with E-state index in [0.29, 0.717) is 38.1 Å². The lowest BCUT2D eigenvalue weighted by Crippen LogP contribution is -2.57. The lowest BCUT2D eigenvalue weighted by molar-refractivity contribution is -0.109. The molecule has 2 aromatic heterocycles. The zero-order valence-corrected chi connectivity index (χ0v) is 52.7. The molecule has 0 atom stereocenters. The molecule has 4 aliphatic heterocycles. The number of hydrogen-bond donors (Lipinski definition) is 5. The molecule has 4 aliphatic rings. The summed E-state index contributed by atoms with van der Waals surface area (Å²) in [5, 5.41) is 30.2. The Kier molecular flexibility index (Phi) is 29.9. The lowest BCUT2D eigenvalue weighted by Gasteiger charge is -2.39. The number of phenols is 1. The predicted octanol–water partition coefficient (Wildman–Crippen LogP) is 8.46. The molecule has 6 heterocycles. The molecule has 4 saturated heterocycles. The van der Waals surface area contributed by atoms with Gasteiger partial charge in [0.2, 0.25) is 5.24 Å². The number of nitrogen functional groups attached to an aromatic ring is 1. The Morgan fingerprint density at radius 1 is 0.554 bits per heavy atom. The first-order chi connectivity index (χ1) is 42.4. The van der Waals surface area contributed by atoms with E-state index in [9.17, 15) is 63.9 Å². The minimum atomic E-state index is -0.771. The number of aliphatic hydroxyl groups is 1. The van der Waals surface area contributed by atoms with Gasteiger partial charge >= 0.3 is 18.2 Å². The van der Waals surface area contributed by atoms with Gasteiger partial charge in [0, 0.05) is 119 Å². The largest absolute Gasteiger partial charge is 0.508 e. The van der Waals surface area contributed by atoms with E-state index in [4.69, 9.17) is 39.6 Å². The number of ether oxygens (including phenoxy) is 5. The van der Waals surface area contributed by atoms with Crippen molar-refractivity contribution in [2.75, 3.05) is 63.4 Å². The quantitative estimate of drug-likeness (QED) is 0.0740. The number of nitrogens with one attached hydrogen (secondary N) is 2. The standard InChI is InChI=1S/C15H14F2N4O3.C14H17F2NO3.C9H9F2NO.C8H15NO3.C6H4F2O.C5H7N3O.C2H3ClO.ClH/c1-20-14(22)3-2-13(19-20)18-15(23)21-7-12(8-21)24-11-5-9(16)4-10(17)6-11;1-14(2,3)20-13(18)17-7-12(8-17)19-11-5-9(15)4-10(16)6-11;10-6-1-7(11)3-8(2-6)13-9-4-12-5-9;1-8(2,3)12-7(11)9-4-6(10)5-9;7-4-1-5(8)3-6(9)2-4;1-8-5(9)3-2-4(6)7-8;1-2(3)4;/h2-6,12H,7-8H2,1H3,(H,18,19,23);4-6,12H,7-8H2,1-3H3;1-3,9,12H,4-5H2;6,10H,4-5H2,1-3H3;1-3,9H;2-3H,1H3,(H2,6,7);1H3;1H. The molecule has 10 rings (SSSR count). The SMILES string of the molecule is CC(=O)Cl.CC(C)(C)OC(=O)N1CC(O)C1.CC(C)(C)OC(=O)N1CC(Oc2cc(F)cc(F)c2)C1.Cl.Cn1nc(N)ccc1=O.Cn1nc(NC(=O)N2CC(Oc3cc(F)cc(F)c3)C2)ccc1=O.Fc1cc(F)cc(OC2CNC2)c1.Oc1cc(F)cc(F)c1. The summed E-state index contributed by atoms with van der Waals surface area (Å²) in [5.41, 5.74) is 3.83. The number of aromatic hydroxyl groups is 1. The van der Waals surface area contributed by atoms with Crippen LogP contribution in [-0.4, -0.2) is 156 Å². The number of phenolic OH excluding ortho intramolecular Hbond substituents is 1. The van der Waals surface area contributed by atoms with Crippen LogP contribution in [0.4, 0.5) is 61.1 Å². The maximum Gasteiger partial charge on any atom is 0.410 e. The summed E-state index contributed by atoms with van der Waals surface area (Å²) in [6, 6.07) is 16.6. The minimum absolute atomic E-state index is 0. The molecule has 0 unspecified atom stereocenters. The van der Waals surface area contributed by atoms with E-state index in [-0.39, 0.29) is 95.4 Å². The molecule has 4 aromatic carbocycles. The molecule has 6 aromatic rings. The van der Waals surface area contributed by atoms with Gasteiger partial charge in [-0.15, -0.1) is 12.4 Å². The van der Waals surface area contributed by atoms with Gasteiger partial charge in [-0.05, 0) is 65.3 Å². The van der Waals surface area contributed by atoms with Crippen LogP contribution < -0.4 is 41.7 Å². The Hall–Kier alpha value is -8.94. The number of nitrogens with zero attached hydrogens (tertiary/aromatic N) is 7. The number of rotatable bonds is 7. The highest BCUT2D eigenvalue weighted by atomic mass is 35.5. The molecule has 33 heteroatoms. The molecule has 0 radical (unpaired) electrons. The van der Waals surface area contributed by atoms with Crippen molar-refractivity contribution >= 4 is 59.1 Å². The number of halogens is 10. The van der Waals surface area contributed by atoms with Crippen molar-refractivity contribution in [1.82, 2.24) is 39.6 Å². The van der Waals surface area contributed by atoms with E-state index in [2.05, 4.69) is 32.4 Å². The number of benzene rings is 4. The zero-order chi connectivity index (χ0) is 68.1. The van der Waals surface area contributed by atoms with Crippen molar-refractivity contribution in [3.8, 4) is 23.0 Å². The van der Waals surface area contributed by atoms with Crippen LogP contribution in [0.2, 0.25) is 0 Å². The van der Waals surface area contributed by atoms with Gasteiger partial charge in [0.25, 0.3) is 11.1 Å². The highest BCUT2D eigenvalue weighted by molar-refractivity contribution is 6.62. The molecule has 0 bridgehead atoms. The van der Waals surface area contributed by atoms with Gasteiger partial charge in [0.15, 0.2) is 5.82 Å². The highest BCUT2D eigenvalue weighted by Crippen LogP contribution is 2.24. The second-order valence-corrected chi connectivity index (χ2v) is 22.5. The molecule has 0 spiro atoms. The molecule has 0 aliphatic carbocycles. The summed E-state index contributed by atoms with van der Waals surface area (Å²) in [6.07, 6.45) is -1.69. The summed E-state index contributed by atoms with van der Waals surface area (Å²) in [7, 11) is 3.03. The van der Waals surface area contributed by atoms with E-state index in [1.54, 1.807) is 27.8 Å². The van der Waals surface area contributed by atoms with Crippen LogP contribution in [-0.2, 0) is 28.4 Å². The van der Waals surface area contributed by atoms with E-state index >= 15 is 0 Å². The smallest absolute Gasteiger partial charge is 0.410 e. The number of carbonyl (C=O) groups is 4. The van der Waals surface area contributed by atoms with Crippen molar-refractivity contribution in [3.63, 3.8) is 0 Å². The first-order valence-electron chi connectivity index (χ1n) is 27.3. The van der Waals surface area contributed by atoms with Crippen LogP contribution >= 0.6 is 24.0 Å². The van der Waals surface area contributed by atoms with Crippen molar-refractivity contribution < 1.29 is 88.2 Å². The number of hydrogen-bond acceptors (Lipinski definition) is 17. The Bertz CT molecular complexity index is 3430. The molecule has 4 fully saturated rings. The number of aliphatic hydroxyl groups excluding tert-OH is 1. The third-order valence-electron chi connectivity index (χ3n) is 11.3. The number of likely N-dealkylation sites (tertiary alicyclic amines) is 3. The summed E-state index contributed by atoms with van der Waals surface area (Å²) in [6.45, 7) is 15.6. The molecule has 0 saturated carbocycles. The predicted molar refractivity (Wildman–Crippen MR) is 323 cm³/mol. The number of nitrogens with two attached hydrogens (primary N) is 1. The fourth-order valence-electron chi connectivity index (χ4n) is 7.13. The second kappa shape index (κ2) is 35.6. The van der Waals surface area contributed by atoms with Gasteiger partial charge in [0.05, 0.1) is 45.4 Å². The molecule has 504 valence electrons. The topological polar surface area (TPSA) is 284 Å². The van der Waals surface area contributed by atoms with Crippen molar-refractivity contribution in [3.05, 3.63) is 164 Å². The average Bonchev–Trinajstić information content (AvgIpc) is 0.852. The van der Waals surface area contributed by atoms with Gasteiger partial charge in [-0.1, -0.05) is 0 Å². The minimum Gasteiger partial charge on any atom is -0.508 e. The number of carbonyl (C=O) groups excluding carboxylic acids is 4. The summed E-state index contributed by atoms with van der Waals surface area (Å²) in [4.78, 5) is 70.3. The van der Waals surface area contributed by atoms with Gasteiger partial charge < -0.3 is 59.6 Å². The van der Waals surface area contributed by atoms with E-state index in [1.807, 2.05) is 20.8 Å².